The second kappa shape index (κ2) is 9.85. The molecule has 2 unspecified atom stereocenters. The van der Waals surface area contributed by atoms with Crippen molar-refractivity contribution in [1.82, 2.24) is 15.2 Å². The molecule has 2 fully saturated rings. The summed E-state index contributed by atoms with van der Waals surface area (Å²) in [6, 6.07) is 21.3. The average molecular weight is 484 g/mol. The van der Waals surface area contributed by atoms with Gasteiger partial charge in [0.1, 0.15) is 5.75 Å². The average Bonchev–Trinajstić information content (AvgIpc) is 3.55. The molecule has 1 saturated carbocycles. The largest absolute Gasteiger partial charge is 0.478 e. The maximum absolute atomic E-state index is 12.8. The van der Waals surface area contributed by atoms with E-state index < -0.39 is 5.97 Å². The number of nitrogens with zero attached hydrogens (tertiary/aromatic N) is 2. The number of carboxylic acids is 1. The van der Waals surface area contributed by atoms with Crippen molar-refractivity contribution in [3.63, 3.8) is 0 Å². The molecular formula is C29H29N3O4. The third-order valence-electron chi connectivity index (χ3n) is 7.10. The molecule has 0 spiro atoms. The number of carbonyl (C=O) groups excluding carboxylic acids is 1. The summed E-state index contributed by atoms with van der Waals surface area (Å²) in [6.45, 7) is 3.61. The van der Waals surface area contributed by atoms with Gasteiger partial charge < -0.3 is 20.1 Å². The van der Waals surface area contributed by atoms with E-state index in [0.29, 0.717) is 24.7 Å². The van der Waals surface area contributed by atoms with E-state index >= 15 is 0 Å². The fourth-order valence-electron chi connectivity index (χ4n) is 4.69. The molecule has 2 amide bonds. The maximum Gasteiger partial charge on any atom is 0.337 e. The molecule has 2 aliphatic rings. The summed E-state index contributed by atoms with van der Waals surface area (Å²) in [4.78, 5) is 29.8. The molecule has 184 valence electrons. The molecular weight excluding hydrogens is 454 g/mol. The van der Waals surface area contributed by atoms with Gasteiger partial charge in [0.25, 0.3) is 0 Å². The van der Waals surface area contributed by atoms with E-state index in [1.807, 2.05) is 47.4 Å². The predicted octanol–water partition coefficient (Wildman–Crippen LogP) is 5.49. The van der Waals surface area contributed by atoms with Gasteiger partial charge in [0.05, 0.1) is 5.56 Å². The predicted molar refractivity (Wildman–Crippen MR) is 137 cm³/mol. The first-order chi connectivity index (χ1) is 17.4. The number of likely N-dealkylation sites (tertiary alicyclic amines) is 1. The van der Waals surface area contributed by atoms with Gasteiger partial charge in [-0.25, -0.2) is 14.6 Å². The Balaban J connectivity index is 1.14. The van der Waals surface area contributed by atoms with Gasteiger partial charge in [-0.1, -0.05) is 61.0 Å². The van der Waals surface area contributed by atoms with Crippen LogP contribution in [0.3, 0.4) is 0 Å². The highest BCUT2D eigenvalue weighted by atomic mass is 16.5. The molecule has 7 heteroatoms. The number of amides is 2. The van der Waals surface area contributed by atoms with Crippen molar-refractivity contribution in [3.05, 3.63) is 95.2 Å². The monoisotopic (exact) mass is 483 g/mol. The number of benzene rings is 2. The van der Waals surface area contributed by atoms with E-state index in [1.165, 1.54) is 23.4 Å². The number of pyridine rings is 1. The van der Waals surface area contributed by atoms with Crippen molar-refractivity contribution in [2.75, 3.05) is 13.1 Å². The molecule has 3 aromatic rings. The number of carbonyl (C=O) groups is 2. The molecule has 1 aromatic heterocycles. The Hall–Kier alpha value is -4.13. The number of hydrogen-bond donors (Lipinski definition) is 2. The summed E-state index contributed by atoms with van der Waals surface area (Å²) in [6.07, 6.45) is 6.06. The lowest BCUT2D eigenvalue weighted by atomic mass is 9.97. The SMILES string of the molecule is CC1(c2ccccc2)CC1NC(=O)N1CCC(=Cc2cccc(Oc3ccc(C(=O)O)cn3)c2)CC1. The highest BCUT2D eigenvalue weighted by molar-refractivity contribution is 5.87. The zero-order valence-corrected chi connectivity index (χ0v) is 20.2. The number of ether oxygens (including phenoxy) is 1. The van der Waals surface area contributed by atoms with Crippen LogP contribution in [0.15, 0.2) is 78.5 Å². The van der Waals surface area contributed by atoms with Crippen LogP contribution in [0, 0.1) is 0 Å². The minimum Gasteiger partial charge on any atom is -0.478 e. The lowest BCUT2D eigenvalue weighted by Gasteiger charge is -2.29. The normalized spacial score (nSPS) is 21.0. The molecule has 2 N–H and O–H groups in total. The molecule has 1 saturated heterocycles. The number of hydrogen-bond acceptors (Lipinski definition) is 4. The van der Waals surface area contributed by atoms with Crippen LogP contribution < -0.4 is 10.1 Å². The molecule has 0 bridgehead atoms. The van der Waals surface area contributed by atoms with Gasteiger partial charge in [0.2, 0.25) is 5.88 Å². The third-order valence-corrected chi connectivity index (χ3v) is 7.10. The Morgan fingerprint density at radius 3 is 2.56 bits per heavy atom. The van der Waals surface area contributed by atoms with Crippen molar-refractivity contribution < 1.29 is 19.4 Å². The van der Waals surface area contributed by atoms with Crippen LogP contribution in [-0.4, -0.2) is 46.1 Å². The van der Waals surface area contributed by atoms with Crippen LogP contribution >= 0.6 is 0 Å². The van der Waals surface area contributed by atoms with Crippen LogP contribution in [0.2, 0.25) is 0 Å². The van der Waals surface area contributed by atoms with Crippen LogP contribution in [0.5, 0.6) is 11.6 Å². The molecule has 36 heavy (non-hydrogen) atoms. The third kappa shape index (κ3) is 5.25. The first-order valence-electron chi connectivity index (χ1n) is 12.2. The number of urea groups is 1. The Labute approximate surface area is 210 Å². The number of aromatic carboxylic acids is 1. The molecule has 1 aliphatic carbocycles. The lowest BCUT2D eigenvalue weighted by Crippen LogP contribution is -2.45. The second-order valence-corrected chi connectivity index (χ2v) is 9.64. The minimum absolute atomic E-state index is 0.0236. The molecule has 0 radical (unpaired) electrons. The zero-order chi connectivity index (χ0) is 25.1. The first kappa shape index (κ1) is 23.6. The van der Waals surface area contributed by atoms with Crippen LogP contribution in [-0.2, 0) is 5.41 Å². The molecule has 1 aliphatic heterocycles. The molecule has 2 aromatic carbocycles. The summed E-state index contributed by atoms with van der Waals surface area (Å²) in [5.41, 5.74) is 3.72. The number of carboxylic acid groups (broad SMARTS) is 1. The van der Waals surface area contributed by atoms with Crippen molar-refractivity contribution >= 4 is 18.1 Å². The molecule has 2 atom stereocenters. The van der Waals surface area contributed by atoms with Gasteiger partial charge in [0, 0.05) is 36.8 Å². The van der Waals surface area contributed by atoms with Crippen molar-refractivity contribution in [1.29, 1.82) is 0 Å². The number of piperidine rings is 1. The van der Waals surface area contributed by atoms with E-state index in [-0.39, 0.29) is 23.1 Å². The van der Waals surface area contributed by atoms with E-state index in [0.717, 1.165) is 24.8 Å². The van der Waals surface area contributed by atoms with Crippen molar-refractivity contribution in [2.45, 2.75) is 37.6 Å². The molecule has 2 heterocycles. The Kier molecular flexibility index (Phi) is 6.46. The summed E-state index contributed by atoms with van der Waals surface area (Å²) >= 11 is 0. The summed E-state index contributed by atoms with van der Waals surface area (Å²) in [5.74, 6) is -0.0600. The quantitative estimate of drug-likeness (QED) is 0.484. The van der Waals surface area contributed by atoms with Gasteiger partial charge in [-0.05, 0) is 48.6 Å². The fourth-order valence-corrected chi connectivity index (χ4v) is 4.69. The smallest absolute Gasteiger partial charge is 0.337 e. The standard InChI is InChI=1S/C29H29N3O4/c1-29(23-7-3-2-4-8-23)18-25(29)31-28(35)32-14-12-20(13-15-32)16-21-6-5-9-24(17-21)36-26-11-10-22(19-30-26)27(33)34/h2-11,16-17,19,25H,12-15,18H2,1H3,(H,31,35)(H,33,34). The summed E-state index contributed by atoms with van der Waals surface area (Å²) < 4.78 is 5.79. The van der Waals surface area contributed by atoms with Crippen LogP contribution in [0.25, 0.3) is 6.08 Å². The van der Waals surface area contributed by atoms with Gasteiger partial charge >= 0.3 is 12.0 Å². The van der Waals surface area contributed by atoms with Crippen molar-refractivity contribution in [3.8, 4) is 11.6 Å². The van der Waals surface area contributed by atoms with Gasteiger partial charge in [-0.15, -0.1) is 0 Å². The lowest BCUT2D eigenvalue weighted by molar-refractivity contribution is 0.0696. The summed E-state index contributed by atoms with van der Waals surface area (Å²) in [7, 11) is 0. The van der Waals surface area contributed by atoms with E-state index in [4.69, 9.17) is 9.84 Å². The topological polar surface area (TPSA) is 91.8 Å². The molecule has 7 nitrogen and oxygen atoms in total. The Morgan fingerprint density at radius 2 is 1.86 bits per heavy atom. The number of aromatic nitrogens is 1. The number of nitrogens with one attached hydrogen (secondary N) is 1. The Morgan fingerprint density at radius 1 is 1.08 bits per heavy atom. The highest BCUT2D eigenvalue weighted by Crippen LogP contribution is 2.47. The maximum atomic E-state index is 12.8. The fraction of sp³-hybridized carbons (Fsp3) is 0.276. The van der Waals surface area contributed by atoms with Gasteiger partial charge in [-0.3, -0.25) is 0 Å². The van der Waals surface area contributed by atoms with Crippen LogP contribution in [0.1, 0.15) is 47.7 Å². The first-order valence-corrected chi connectivity index (χ1v) is 12.2. The van der Waals surface area contributed by atoms with E-state index in [9.17, 15) is 9.59 Å². The minimum atomic E-state index is -1.02. The Bertz CT molecular complexity index is 1280. The molecule has 5 rings (SSSR count). The van der Waals surface area contributed by atoms with Crippen LogP contribution in [0.4, 0.5) is 4.79 Å². The van der Waals surface area contributed by atoms with Gasteiger partial charge in [0.15, 0.2) is 0 Å². The summed E-state index contributed by atoms with van der Waals surface area (Å²) in [5, 5.41) is 12.2. The second-order valence-electron chi connectivity index (χ2n) is 9.64. The highest BCUT2D eigenvalue weighted by Gasteiger charge is 2.52. The number of rotatable bonds is 6. The van der Waals surface area contributed by atoms with E-state index in [1.54, 1.807) is 6.07 Å². The zero-order valence-electron chi connectivity index (χ0n) is 20.2. The van der Waals surface area contributed by atoms with Gasteiger partial charge in [-0.2, -0.15) is 0 Å². The van der Waals surface area contributed by atoms with E-state index in [2.05, 4.69) is 35.4 Å². The van der Waals surface area contributed by atoms with Crippen molar-refractivity contribution in [2.24, 2.45) is 0 Å².